The number of benzene rings is 2. The summed E-state index contributed by atoms with van der Waals surface area (Å²) in [5.41, 5.74) is 8.58. The van der Waals surface area contributed by atoms with E-state index in [2.05, 4.69) is 26.8 Å². The zero-order chi connectivity index (χ0) is 26.9. The van der Waals surface area contributed by atoms with Gasteiger partial charge in [-0.25, -0.2) is 14.6 Å². The Morgan fingerprint density at radius 3 is 2.36 bits per heavy atom. The zero-order valence-electron chi connectivity index (χ0n) is 21.9. The van der Waals surface area contributed by atoms with Gasteiger partial charge in [-0.2, -0.15) is 5.10 Å². The van der Waals surface area contributed by atoms with Crippen molar-refractivity contribution >= 4 is 22.5 Å². The lowest BCUT2D eigenvalue weighted by Crippen LogP contribution is -2.49. The summed E-state index contributed by atoms with van der Waals surface area (Å²) in [6, 6.07) is 14.5. The van der Waals surface area contributed by atoms with Crippen molar-refractivity contribution < 1.29 is 9.66 Å². The molecule has 11 heteroatoms. The van der Waals surface area contributed by atoms with Gasteiger partial charge in [0.2, 0.25) is 5.75 Å². The van der Waals surface area contributed by atoms with E-state index in [-0.39, 0.29) is 17.5 Å². The molecular formula is C28H32N8O3. The first kappa shape index (κ1) is 25.2. The van der Waals surface area contributed by atoms with Crippen LogP contribution in [0.25, 0.3) is 22.3 Å². The number of nitrogens with two attached hydrogens (primary N) is 1. The number of likely N-dealkylation sites (N-methyl/N-ethyl adjacent to an activating group) is 1. The van der Waals surface area contributed by atoms with Gasteiger partial charge >= 0.3 is 5.69 Å². The summed E-state index contributed by atoms with van der Waals surface area (Å²) in [6.45, 7) is 4.55. The van der Waals surface area contributed by atoms with Crippen LogP contribution in [0.4, 0.5) is 11.5 Å². The van der Waals surface area contributed by atoms with Gasteiger partial charge in [0.15, 0.2) is 5.65 Å². The SMILES string of the molecule is CN1CCN(C2CCC(n3nc(-c4ccc(Oc5ccccc5[N+](=O)[O-])cc4)c4c(N)ncnc43)CC2)CC1. The normalized spacial score (nSPS) is 20.7. The van der Waals surface area contributed by atoms with Crippen molar-refractivity contribution in [3.63, 3.8) is 0 Å². The monoisotopic (exact) mass is 528 g/mol. The lowest BCUT2D eigenvalue weighted by atomic mass is 9.90. The number of anilines is 1. The largest absolute Gasteiger partial charge is 0.450 e. The van der Waals surface area contributed by atoms with E-state index in [9.17, 15) is 10.1 Å². The molecule has 1 saturated heterocycles. The first-order valence-corrected chi connectivity index (χ1v) is 13.4. The molecule has 2 fully saturated rings. The number of fused-ring (bicyclic) bond motifs is 1. The molecule has 0 unspecified atom stereocenters. The minimum Gasteiger partial charge on any atom is -0.450 e. The lowest BCUT2D eigenvalue weighted by molar-refractivity contribution is -0.385. The third kappa shape index (κ3) is 5.02. The summed E-state index contributed by atoms with van der Waals surface area (Å²) < 4.78 is 7.86. The molecule has 4 aromatic rings. The van der Waals surface area contributed by atoms with E-state index in [1.807, 2.05) is 16.8 Å². The molecule has 0 amide bonds. The van der Waals surface area contributed by atoms with Gasteiger partial charge < -0.3 is 15.4 Å². The predicted octanol–water partition coefficient (Wildman–Crippen LogP) is 4.51. The number of nitro groups is 1. The first-order chi connectivity index (χ1) is 19.0. The van der Waals surface area contributed by atoms with E-state index < -0.39 is 4.92 Å². The molecule has 0 spiro atoms. The van der Waals surface area contributed by atoms with E-state index in [4.69, 9.17) is 15.6 Å². The minimum absolute atomic E-state index is 0.0846. The van der Waals surface area contributed by atoms with E-state index >= 15 is 0 Å². The Labute approximate surface area is 226 Å². The van der Waals surface area contributed by atoms with Crippen molar-refractivity contribution in [2.24, 2.45) is 0 Å². The van der Waals surface area contributed by atoms with Gasteiger partial charge in [-0.1, -0.05) is 12.1 Å². The molecule has 1 saturated carbocycles. The number of nitro benzene ring substituents is 1. The number of para-hydroxylation sites is 2. The molecule has 2 aromatic carbocycles. The summed E-state index contributed by atoms with van der Waals surface area (Å²) in [4.78, 5) is 24.8. The molecular weight excluding hydrogens is 496 g/mol. The summed E-state index contributed by atoms with van der Waals surface area (Å²) in [5.74, 6) is 1.07. The molecule has 0 radical (unpaired) electrons. The lowest BCUT2D eigenvalue weighted by Gasteiger charge is -2.41. The van der Waals surface area contributed by atoms with Gasteiger partial charge in [0, 0.05) is 43.9 Å². The standard InChI is InChI=1S/C28H32N8O3/c1-33-14-16-34(17-15-33)20-8-10-21(11-9-20)35-28-25(27(29)30-18-31-28)26(32-35)19-6-12-22(13-7-19)39-24-5-3-2-4-23(24)36(37)38/h2-7,12-13,18,20-21H,8-11,14-17H2,1H3,(H2,29,30,31). The fraction of sp³-hybridized carbons (Fsp3) is 0.393. The second-order valence-electron chi connectivity index (χ2n) is 10.4. The van der Waals surface area contributed by atoms with Crippen LogP contribution in [-0.4, -0.2) is 73.7 Å². The van der Waals surface area contributed by atoms with Crippen LogP contribution in [0.2, 0.25) is 0 Å². The van der Waals surface area contributed by atoms with Crippen molar-refractivity contribution in [3.05, 3.63) is 65.0 Å². The van der Waals surface area contributed by atoms with Gasteiger partial charge in [-0.05, 0) is 63.1 Å². The molecule has 3 heterocycles. The highest BCUT2D eigenvalue weighted by Crippen LogP contribution is 2.38. The number of nitrogens with zero attached hydrogens (tertiary/aromatic N) is 7. The van der Waals surface area contributed by atoms with Crippen LogP contribution in [0.3, 0.4) is 0 Å². The molecule has 1 aliphatic heterocycles. The van der Waals surface area contributed by atoms with Crippen molar-refractivity contribution in [2.75, 3.05) is 39.0 Å². The number of ether oxygens (including phenoxy) is 1. The van der Waals surface area contributed by atoms with Gasteiger partial charge in [0.1, 0.15) is 23.6 Å². The molecule has 2 N–H and O–H groups in total. The number of hydrogen-bond acceptors (Lipinski definition) is 9. The number of aromatic nitrogens is 4. The Hall–Kier alpha value is -4.09. The highest BCUT2D eigenvalue weighted by molar-refractivity contribution is 5.98. The average Bonchev–Trinajstić information content (AvgIpc) is 3.35. The van der Waals surface area contributed by atoms with Gasteiger partial charge in [0.25, 0.3) is 0 Å². The Morgan fingerprint density at radius 2 is 1.64 bits per heavy atom. The van der Waals surface area contributed by atoms with Crippen LogP contribution in [0.5, 0.6) is 11.5 Å². The van der Waals surface area contributed by atoms with Gasteiger partial charge in [0.05, 0.1) is 16.4 Å². The van der Waals surface area contributed by atoms with Crippen LogP contribution in [0.1, 0.15) is 31.7 Å². The van der Waals surface area contributed by atoms with E-state index in [0.29, 0.717) is 17.6 Å². The summed E-state index contributed by atoms with van der Waals surface area (Å²) in [5, 5.41) is 17.1. The van der Waals surface area contributed by atoms with Crippen molar-refractivity contribution in [2.45, 2.75) is 37.8 Å². The highest BCUT2D eigenvalue weighted by atomic mass is 16.6. The maximum absolute atomic E-state index is 11.3. The average molecular weight is 529 g/mol. The molecule has 6 rings (SSSR count). The maximum atomic E-state index is 11.3. The minimum atomic E-state index is -0.454. The maximum Gasteiger partial charge on any atom is 0.311 e. The molecule has 1 aliphatic carbocycles. The van der Waals surface area contributed by atoms with E-state index in [1.54, 1.807) is 30.3 Å². The Bertz CT molecular complexity index is 1470. The van der Waals surface area contributed by atoms with Gasteiger partial charge in [-0.15, -0.1) is 0 Å². The topological polar surface area (TPSA) is 128 Å². The Balaban J connectivity index is 1.24. The Kier molecular flexibility index (Phi) is 6.84. The summed E-state index contributed by atoms with van der Waals surface area (Å²) in [6.07, 6.45) is 5.87. The first-order valence-electron chi connectivity index (χ1n) is 13.4. The highest BCUT2D eigenvalue weighted by Gasteiger charge is 2.30. The fourth-order valence-electron chi connectivity index (χ4n) is 5.81. The van der Waals surface area contributed by atoms with Crippen LogP contribution in [0, 0.1) is 10.1 Å². The molecule has 11 nitrogen and oxygen atoms in total. The summed E-state index contributed by atoms with van der Waals surface area (Å²) in [7, 11) is 2.19. The number of rotatable bonds is 6. The van der Waals surface area contributed by atoms with Gasteiger partial charge in [-0.3, -0.25) is 15.0 Å². The van der Waals surface area contributed by atoms with E-state index in [0.717, 1.165) is 74.2 Å². The van der Waals surface area contributed by atoms with Crippen LogP contribution >= 0.6 is 0 Å². The van der Waals surface area contributed by atoms with Crippen molar-refractivity contribution in [1.29, 1.82) is 0 Å². The molecule has 202 valence electrons. The van der Waals surface area contributed by atoms with Crippen LogP contribution in [-0.2, 0) is 0 Å². The molecule has 39 heavy (non-hydrogen) atoms. The van der Waals surface area contributed by atoms with Crippen molar-refractivity contribution in [1.82, 2.24) is 29.5 Å². The third-order valence-corrected chi connectivity index (χ3v) is 8.00. The molecule has 2 aliphatic rings. The van der Waals surface area contributed by atoms with Crippen molar-refractivity contribution in [3.8, 4) is 22.8 Å². The molecule has 2 aromatic heterocycles. The predicted molar refractivity (Wildman–Crippen MR) is 149 cm³/mol. The third-order valence-electron chi connectivity index (χ3n) is 8.00. The van der Waals surface area contributed by atoms with E-state index in [1.165, 1.54) is 12.4 Å². The smallest absolute Gasteiger partial charge is 0.311 e. The summed E-state index contributed by atoms with van der Waals surface area (Å²) >= 11 is 0. The van der Waals surface area contributed by atoms with Crippen LogP contribution < -0.4 is 10.5 Å². The number of hydrogen-bond donors (Lipinski definition) is 1. The Morgan fingerprint density at radius 1 is 0.949 bits per heavy atom. The second-order valence-corrected chi connectivity index (χ2v) is 10.4. The fourth-order valence-corrected chi connectivity index (χ4v) is 5.81. The molecule has 0 atom stereocenters. The number of nitrogen functional groups attached to an aromatic ring is 1. The number of piperazine rings is 1. The second kappa shape index (κ2) is 10.6. The van der Waals surface area contributed by atoms with Crippen LogP contribution in [0.15, 0.2) is 54.9 Å². The molecule has 0 bridgehead atoms. The quantitative estimate of drug-likeness (QED) is 0.284. The zero-order valence-corrected chi connectivity index (χ0v) is 21.9.